The van der Waals surface area contributed by atoms with Gasteiger partial charge < -0.3 is 9.47 Å². The van der Waals surface area contributed by atoms with E-state index in [-0.39, 0.29) is 18.2 Å². The number of hydrogen-bond acceptors (Lipinski definition) is 3. The maximum absolute atomic E-state index is 11.8. The smallest absolute Gasteiger partial charge is 0.338 e. The van der Waals surface area contributed by atoms with Gasteiger partial charge in [0.25, 0.3) is 0 Å². The summed E-state index contributed by atoms with van der Waals surface area (Å²) in [4.78, 5) is 11.8. The second-order valence-electron chi connectivity index (χ2n) is 3.92. The summed E-state index contributed by atoms with van der Waals surface area (Å²) < 4.78 is 10.9. The highest BCUT2D eigenvalue weighted by molar-refractivity contribution is 5.89. The van der Waals surface area contributed by atoms with Gasteiger partial charge in [0.1, 0.15) is 6.10 Å². The van der Waals surface area contributed by atoms with Crippen molar-refractivity contribution in [2.45, 2.75) is 32.0 Å². The van der Waals surface area contributed by atoms with Gasteiger partial charge in [-0.05, 0) is 18.6 Å². The molecule has 0 aliphatic carbocycles. The summed E-state index contributed by atoms with van der Waals surface area (Å²) in [7, 11) is 0. The molecule has 0 saturated carbocycles. The minimum atomic E-state index is -0.255. The molecule has 0 N–H and O–H groups in total. The van der Waals surface area contributed by atoms with Crippen LogP contribution in [0.15, 0.2) is 30.3 Å². The predicted octanol–water partition coefficient (Wildman–Crippen LogP) is 2.41. The van der Waals surface area contributed by atoms with Crippen LogP contribution in [0, 0.1) is 0 Å². The van der Waals surface area contributed by atoms with E-state index in [1.54, 1.807) is 12.1 Å². The number of hydrogen-bond donors (Lipinski definition) is 0. The lowest BCUT2D eigenvalue weighted by Crippen LogP contribution is -2.26. The normalized spacial score (nSPS) is 24.3. The molecule has 3 heteroatoms. The van der Waals surface area contributed by atoms with Crippen LogP contribution in [-0.2, 0) is 9.47 Å². The van der Waals surface area contributed by atoms with Gasteiger partial charge in [-0.1, -0.05) is 25.1 Å². The standard InChI is InChI=1S/C13H16O3/c1-2-11-12(8-9-15-11)16-13(14)10-6-4-3-5-7-10/h3-7,11-12H,2,8-9H2,1H3/t11-,12-/m0/s1. The molecule has 1 aromatic carbocycles. The monoisotopic (exact) mass is 220 g/mol. The van der Waals surface area contributed by atoms with Crippen LogP contribution in [0.3, 0.4) is 0 Å². The van der Waals surface area contributed by atoms with E-state index in [0.717, 1.165) is 12.8 Å². The summed E-state index contributed by atoms with van der Waals surface area (Å²) in [6.07, 6.45) is 1.66. The molecule has 2 atom stereocenters. The van der Waals surface area contributed by atoms with Gasteiger partial charge in [0.05, 0.1) is 18.3 Å². The topological polar surface area (TPSA) is 35.5 Å². The van der Waals surface area contributed by atoms with Crippen LogP contribution < -0.4 is 0 Å². The number of benzene rings is 1. The summed E-state index contributed by atoms with van der Waals surface area (Å²) in [5.74, 6) is -0.255. The first-order valence-electron chi connectivity index (χ1n) is 5.69. The van der Waals surface area contributed by atoms with Crippen LogP contribution in [0.4, 0.5) is 0 Å². The Bertz CT molecular complexity index is 347. The Labute approximate surface area is 95.4 Å². The molecule has 1 saturated heterocycles. The number of ether oxygens (including phenoxy) is 2. The Morgan fingerprint density at radius 1 is 1.44 bits per heavy atom. The van der Waals surface area contributed by atoms with E-state index >= 15 is 0 Å². The number of carbonyl (C=O) groups is 1. The second-order valence-corrected chi connectivity index (χ2v) is 3.92. The molecule has 1 aromatic rings. The van der Waals surface area contributed by atoms with Gasteiger partial charge in [0.15, 0.2) is 0 Å². The molecule has 1 heterocycles. The summed E-state index contributed by atoms with van der Waals surface area (Å²) in [6, 6.07) is 9.07. The molecule has 0 aromatic heterocycles. The maximum atomic E-state index is 11.8. The van der Waals surface area contributed by atoms with Crippen molar-refractivity contribution in [3.63, 3.8) is 0 Å². The van der Waals surface area contributed by atoms with Crippen molar-refractivity contribution in [3.8, 4) is 0 Å². The van der Waals surface area contributed by atoms with Crippen LogP contribution in [-0.4, -0.2) is 24.8 Å². The lowest BCUT2D eigenvalue weighted by molar-refractivity contribution is -0.000355. The Balaban J connectivity index is 1.97. The van der Waals surface area contributed by atoms with Crippen LogP contribution in [0.1, 0.15) is 30.1 Å². The number of rotatable bonds is 3. The van der Waals surface area contributed by atoms with E-state index in [1.165, 1.54) is 0 Å². The molecule has 1 aliphatic rings. The molecule has 1 aliphatic heterocycles. The van der Waals surface area contributed by atoms with Gasteiger partial charge in [0, 0.05) is 6.42 Å². The van der Waals surface area contributed by atoms with Crippen LogP contribution in [0.2, 0.25) is 0 Å². The van der Waals surface area contributed by atoms with E-state index in [1.807, 2.05) is 25.1 Å². The molecule has 0 unspecified atom stereocenters. The molecule has 0 bridgehead atoms. The Morgan fingerprint density at radius 2 is 2.19 bits per heavy atom. The molecule has 0 radical (unpaired) electrons. The molecule has 3 nitrogen and oxygen atoms in total. The fraction of sp³-hybridized carbons (Fsp3) is 0.462. The van der Waals surface area contributed by atoms with Crippen molar-refractivity contribution in [1.29, 1.82) is 0 Å². The van der Waals surface area contributed by atoms with Crippen molar-refractivity contribution in [2.75, 3.05) is 6.61 Å². The van der Waals surface area contributed by atoms with Crippen molar-refractivity contribution in [1.82, 2.24) is 0 Å². The fourth-order valence-corrected chi connectivity index (χ4v) is 1.92. The second kappa shape index (κ2) is 5.12. The van der Waals surface area contributed by atoms with E-state index in [4.69, 9.17) is 9.47 Å². The first-order chi connectivity index (χ1) is 7.81. The number of carbonyl (C=O) groups excluding carboxylic acids is 1. The molecule has 86 valence electrons. The summed E-state index contributed by atoms with van der Waals surface area (Å²) in [5.41, 5.74) is 0.601. The van der Waals surface area contributed by atoms with Crippen molar-refractivity contribution in [2.24, 2.45) is 0 Å². The SMILES string of the molecule is CC[C@@H]1OCC[C@@H]1OC(=O)c1ccccc1. The Morgan fingerprint density at radius 3 is 2.88 bits per heavy atom. The zero-order valence-electron chi connectivity index (χ0n) is 9.39. The minimum Gasteiger partial charge on any atom is -0.456 e. The lowest BCUT2D eigenvalue weighted by Gasteiger charge is -2.17. The summed E-state index contributed by atoms with van der Waals surface area (Å²) in [6.45, 7) is 2.73. The Kier molecular flexibility index (Phi) is 3.57. The zero-order valence-corrected chi connectivity index (χ0v) is 9.39. The zero-order chi connectivity index (χ0) is 11.4. The molecule has 0 spiro atoms. The van der Waals surface area contributed by atoms with E-state index < -0.39 is 0 Å². The highest BCUT2D eigenvalue weighted by atomic mass is 16.6. The summed E-state index contributed by atoms with van der Waals surface area (Å²) in [5, 5.41) is 0. The van der Waals surface area contributed by atoms with E-state index in [2.05, 4.69) is 0 Å². The lowest BCUT2D eigenvalue weighted by atomic mass is 10.1. The van der Waals surface area contributed by atoms with Gasteiger partial charge in [-0.25, -0.2) is 4.79 Å². The minimum absolute atomic E-state index is 0.0627. The van der Waals surface area contributed by atoms with Crippen LogP contribution in [0.5, 0.6) is 0 Å². The first kappa shape index (κ1) is 11.1. The quantitative estimate of drug-likeness (QED) is 0.734. The third-order valence-corrected chi connectivity index (χ3v) is 2.82. The number of esters is 1. The average molecular weight is 220 g/mol. The van der Waals surface area contributed by atoms with Crippen LogP contribution in [0.25, 0.3) is 0 Å². The third kappa shape index (κ3) is 2.42. The van der Waals surface area contributed by atoms with Gasteiger partial charge >= 0.3 is 5.97 Å². The van der Waals surface area contributed by atoms with Crippen LogP contribution >= 0.6 is 0 Å². The Hall–Kier alpha value is -1.35. The molecule has 16 heavy (non-hydrogen) atoms. The highest BCUT2D eigenvalue weighted by Crippen LogP contribution is 2.20. The predicted molar refractivity (Wildman–Crippen MR) is 60.3 cm³/mol. The molecular formula is C13H16O3. The highest BCUT2D eigenvalue weighted by Gasteiger charge is 2.30. The molecule has 2 rings (SSSR count). The molecule has 0 amide bonds. The van der Waals surface area contributed by atoms with Gasteiger partial charge in [-0.3, -0.25) is 0 Å². The summed E-state index contributed by atoms with van der Waals surface area (Å²) >= 11 is 0. The first-order valence-corrected chi connectivity index (χ1v) is 5.69. The fourth-order valence-electron chi connectivity index (χ4n) is 1.92. The van der Waals surface area contributed by atoms with Crippen molar-refractivity contribution < 1.29 is 14.3 Å². The van der Waals surface area contributed by atoms with E-state index in [9.17, 15) is 4.79 Å². The van der Waals surface area contributed by atoms with Crippen molar-refractivity contribution in [3.05, 3.63) is 35.9 Å². The van der Waals surface area contributed by atoms with Gasteiger partial charge in [-0.2, -0.15) is 0 Å². The molecular weight excluding hydrogens is 204 g/mol. The molecule has 1 fully saturated rings. The van der Waals surface area contributed by atoms with Crippen molar-refractivity contribution >= 4 is 5.97 Å². The van der Waals surface area contributed by atoms with Gasteiger partial charge in [-0.15, -0.1) is 0 Å². The maximum Gasteiger partial charge on any atom is 0.338 e. The largest absolute Gasteiger partial charge is 0.456 e. The third-order valence-electron chi connectivity index (χ3n) is 2.82. The van der Waals surface area contributed by atoms with E-state index in [0.29, 0.717) is 12.2 Å². The van der Waals surface area contributed by atoms with Gasteiger partial charge in [0.2, 0.25) is 0 Å². The average Bonchev–Trinajstić information content (AvgIpc) is 2.77.